The van der Waals surface area contributed by atoms with Crippen LogP contribution in [-0.4, -0.2) is 23.1 Å². The van der Waals surface area contributed by atoms with Gasteiger partial charge in [0.05, 0.1) is 0 Å². The first kappa shape index (κ1) is 13.7. The first-order valence-electron chi connectivity index (χ1n) is 4.77. The lowest BCUT2D eigenvalue weighted by molar-refractivity contribution is -0.147. The van der Waals surface area contributed by atoms with E-state index in [9.17, 15) is 19.2 Å². The van der Waals surface area contributed by atoms with Crippen LogP contribution in [0.2, 0.25) is 0 Å². The summed E-state index contributed by atoms with van der Waals surface area (Å²) in [6.45, 7) is 5.00. The number of hydrogen-bond acceptors (Lipinski definition) is 4. The fourth-order valence-corrected chi connectivity index (χ4v) is 1.64. The third-order valence-electron chi connectivity index (χ3n) is 2.66. The first-order chi connectivity index (χ1) is 6.75. The van der Waals surface area contributed by atoms with Crippen LogP contribution >= 0.6 is 0 Å². The van der Waals surface area contributed by atoms with Crippen LogP contribution < -0.4 is 0 Å². The van der Waals surface area contributed by atoms with E-state index in [2.05, 4.69) is 0 Å². The molecule has 0 aromatic carbocycles. The fraction of sp³-hybridized carbons (Fsp3) is 0.636. The number of rotatable bonds is 6. The van der Waals surface area contributed by atoms with Gasteiger partial charge in [0.1, 0.15) is 11.2 Å². The van der Waals surface area contributed by atoms with Gasteiger partial charge in [-0.2, -0.15) is 0 Å². The number of carbonyl (C=O) groups excluding carboxylic acids is 4. The van der Waals surface area contributed by atoms with Crippen LogP contribution in [0.5, 0.6) is 0 Å². The van der Waals surface area contributed by atoms with Gasteiger partial charge < -0.3 is 4.79 Å². The largest absolute Gasteiger partial charge is 0.300 e. The highest BCUT2D eigenvalue weighted by molar-refractivity contribution is 6.22. The lowest BCUT2D eigenvalue weighted by Gasteiger charge is -2.24. The van der Waals surface area contributed by atoms with Crippen LogP contribution in [0.15, 0.2) is 0 Å². The van der Waals surface area contributed by atoms with Crippen molar-refractivity contribution in [3.63, 3.8) is 0 Å². The molecule has 0 aromatic heterocycles. The van der Waals surface area contributed by atoms with Gasteiger partial charge in [-0.1, -0.05) is 0 Å². The summed E-state index contributed by atoms with van der Waals surface area (Å²) in [7, 11) is 0. The maximum absolute atomic E-state index is 11.4. The van der Waals surface area contributed by atoms with Gasteiger partial charge in [-0.3, -0.25) is 14.4 Å². The predicted molar refractivity (Wildman–Crippen MR) is 54.4 cm³/mol. The molecule has 0 aliphatic carbocycles. The third kappa shape index (κ3) is 2.81. The van der Waals surface area contributed by atoms with Gasteiger partial charge in [-0.05, 0) is 34.1 Å². The van der Waals surface area contributed by atoms with Gasteiger partial charge in [0, 0.05) is 6.42 Å². The van der Waals surface area contributed by atoms with Crippen LogP contribution in [0.4, 0.5) is 0 Å². The minimum absolute atomic E-state index is 0.0116. The summed E-state index contributed by atoms with van der Waals surface area (Å²) in [5, 5.41) is 0. The molecule has 0 saturated carbocycles. The third-order valence-corrected chi connectivity index (χ3v) is 2.66. The number of hydrogen-bond donors (Lipinski definition) is 0. The molecule has 0 saturated heterocycles. The Balaban J connectivity index is 5.15. The van der Waals surface area contributed by atoms with Crippen molar-refractivity contribution in [2.24, 2.45) is 5.41 Å². The summed E-state index contributed by atoms with van der Waals surface area (Å²) in [6, 6.07) is 0. The Morgan fingerprint density at radius 2 is 1.13 bits per heavy atom. The van der Waals surface area contributed by atoms with E-state index in [0.29, 0.717) is 0 Å². The SMILES string of the molecule is CC(=O)CCC(C(C)=O)(C(C)=O)C(C)=O. The Bertz CT molecular complexity index is 279. The molecule has 0 aliphatic heterocycles. The van der Waals surface area contributed by atoms with Crippen molar-refractivity contribution in [3.05, 3.63) is 0 Å². The van der Waals surface area contributed by atoms with Gasteiger partial charge in [-0.25, -0.2) is 0 Å². The molecule has 0 rings (SSSR count). The second-order valence-electron chi connectivity index (χ2n) is 3.78. The summed E-state index contributed by atoms with van der Waals surface area (Å²) in [6.07, 6.45) is 0.0566. The minimum atomic E-state index is -1.61. The predicted octanol–water partition coefficient (Wildman–Crippen LogP) is 1.11. The zero-order valence-electron chi connectivity index (χ0n) is 9.55. The Morgan fingerprint density at radius 3 is 1.33 bits per heavy atom. The summed E-state index contributed by atoms with van der Waals surface area (Å²) < 4.78 is 0. The Morgan fingerprint density at radius 1 is 0.800 bits per heavy atom. The van der Waals surface area contributed by atoms with Gasteiger partial charge in [0.25, 0.3) is 0 Å². The first-order valence-corrected chi connectivity index (χ1v) is 4.77. The van der Waals surface area contributed by atoms with E-state index < -0.39 is 22.8 Å². The Hall–Kier alpha value is -1.32. The van der Waals surface area contributed by atoms with Crippen molar-refractivity contribution in [2.45, 2.75) is 40.5 Å². The Kier molecular flexibility index (Phi) is 4.52. The standard InChI is InChI=1S/C11H16O4/c1-7(12)5-6-11(8(2)13,9(3)14)10(4)15/h5-6H2,1-4H3. The normalized spacial score (nSPS) is 10.9. The van der Waals surface area contributed by atoms with E-state index in [-0.39, 0.29) is 18.6 Å². The highest BCUT2D eigenvalue weighted by Gasteiger charge is 2.44. The van der Waals surface area contributed by atoms with Gasteiger partial charge in [-0.15, -0.1) is 0 Å². The Labute approximate surface area is 89.0 Å². The summed E-state index contributed by atoms with van der Waals surface area (Å²) in [5.41, 5.74) is -1.61. The summed E-state index contributed by atoms with van der Waals surface area (Å²) in [4.78, 5) is 45.0. The molecular weight excluding hydrogens is 196 g/mol. The van der Waals surface area contributed by atoms with E-state index in [4.69, 9.17) is 0 Å². The highest BCUT2D eigenvalue weighted by Crippen LogP contribution is 2.28. The van der Waals surface area contributed by atoms with Crippen LogP contribution in [0.3, 0.4) is 0 Å². The molecule has 0 fully saturated rings. The molecule has 0 radical (unpaired) electrons. The zero-order chi connectivity index (χ0) is 12.2. The molecule has 4 heteroatoms. The maximum Gasteiger partial charge on any atom is 0.150 e. The number of Topliss-reactive ketones (excluding diaryl/α,β-unsaturated/α-hetero) is 4. The molecule has 0 aliphatic rings. The molecule has 4 nitrogen and oxygen atoms in total. The fourth-order valence-electron chi connectivity index (χ4n) is 1.64. The monoisotopic (exact) mass is 212 g/mol. The van der Waals surface area contributed by atoms with E-state index in [1.807, 2.05) is 0 Å². The summed E-state index contributed by atoms with van der Waals surface area (Å²) >= 11 is 0. The quantitative estimate of drug-likeness (QED) is 0.618. The maximum atomic E-state index is 11.4. The molecule has 0 unspecified atom stereocenters. The van der Waals surface area contributed by atoms with Crippen LogP contribution in [0.25, 0.3) is 0 Å². The van der Waals surface area contributed by atoms with E-state index in [0.717, 1.165) is 0 Å². The zero-order valence-corrected chi connectivity index (χ0v) is 9.55. The second kappa shape index (κ2) is 4.96. The van der Waals surface area contributed by atoms with Crippen LogP contribution in [0.1, 0.15) is 40.5 Å². The molecular formula is C11H16O4. The van der Waals surface area contributed by atoms with Gasteiger partial charge >= 0.3 is 0 Å². The van der Waals surface area contributed by atoms with Crippen LogP contribution in [-0.2, 0) is 19.2 Å². The van der Waals surface area contributed by atoms with Crippen molar-refractivity contribution in [2.75, 3.05) is 0 Å². The molecule has 0 bridgehead atoms. The molecule has 0 amide bonds. The molecule has 0 spiro atoms. The second-order valence-corrected chi connectivity index (χ2v) is 3.78. The van der Waals surface area contributed by atoms with Gasteiger partial charge in [0.2, 0.25) is 0 Å². The van der Waals surface area contributed by atoms with Crippen molar-refractivity contribution in [1.82, 2.24) is 0 Å². The molecule has 15 heavy (non-hydrogen) atoms. The molecule has 0 atom stereocenters. The lowest BCUT2D eigenvalue weighted by atomic mass is 9.73. The van der Waals surface area contributed by atoms with Gasteiger partial charge in [0.15, 0.2) is 17.3 Å². The molecule has 0 N–H and O–H groups in total. The minimum Gasteiger partial charge on any atom is -0.300 e. The van der Waals surface area contributed by atoms with Crippen LogP contribution in [0, 0.1) is 5.41 Å². The van der Waals surface area contributed by atoms with Crippen molar-refractivity contribution in [3.8, 4) is 0 Å². The van der Waals surface area contributed by atoms with E-state index >= 15 is 0 Å². The van der Waals surface area contributed by atoms with E-state index in [1.165, 1.54) is 27.7 Å². The number of carbonyl (C=O) groups is 4. The van der Waals surface area contributed by atoms with Crippen molar-refractivity contribution >= 4 is 23.1 Å². The average molecular weight is 212 g/mol. The average Bonchev–Trinajstić information content (AvgIpc) is 2.02. The summed E-state index contributed by atoms with van der Waals surface area (Å²) in [5.74, 6) is -1.58. The molecule has 0 aromatic rings. The van der Waals surface area contributed by atoms with E-state index in [1.54, 1.807) is 0 Å². The lowest BCUT2D eigenvalue weighted by Crippen LogP contribution is -2.43. The van der Waals surface area contributed by atoms with Crippen molar-refractivity contribution < 1.29 is 19.2 Å². The number of ketones is 4. The van der Waals surface area contributed by atoms with Crippen molar-refractivity contribution in [1.29, 1.82) is 0 Å². The molecule has 0 heterocycles. The highest BCUT2D eigenvalue weighted by atomic mass is 16.2. The smallest absolute Gasteiger partial charge is 0.150 e. The molecule has 84 valence electrons. The topological polar surface area (TPSA) is 68.3 Å².